The molecule has 0 saturated carbocycles. The van der Waals surface area contributed by atoms with E-state index in [1.165, 1.54) is 0 Å². The number of amides is 1. The molecule has 0 fully saturated rings. The van der Waals surface area contributed by atoms with Crippen molar-refractivity contribution >= 4 is 6.09 Å². The summed E-state index contributed by atoms with van der Waals surface area (Å²) < 4.78 is 10.5. The van der Waals surface area contributed by atoms with Gasteiger partial charge in [0.15, 0.2) is 0 Å². The smallest absolute Gasteiger partial charge is 0.407 e. The number of carbonyl (C=O) groups excluding carboxylic acids is 1. The van der Waals surface area contributed by atoms with Gasteiger partial charge in [0.2, 0.25) is 0 Å². The maximum atomic E-state index is 11.5. The highest BCUT2D eigenvalue weighted by Gasteiger charge is 2.01. The van der Waals surface area contributed by atoms with Crippen molar-refractivity contribution in [2.45, 2.75) is 13.2 Å². The van der Waals surface area contributed by atoms with Gasteiger partial charge in [0.05, 0.1) is 13.2 Å². The predicted octanol–water partition coefficient (Wildman–Crippen LogP) is 3.13. The van der Waals surface area contributed by atoms with Gasteiger partial charge in [-0.05, 0) is 11.1 Å². The molecule has 110 valence electrons. The molecule has 0 radical (unpaired) electrons. The second-order valence-electron chi connectivity index (χ2n) is 4.53. The van der Waals surface area contributed by atoms with Crippen LogP contribution in [0.15, 0.2) is 60.7 Å². The summed E-state index contributed by atoms with van der Waals surface area (Å²) in [5.41, 5.74) is 2.08. The van der Waals surface area contributed by atoms with Gasteiger partial charge >= 0.3 is 6.09 Å². The Kier molecular flexibility index (Phi) is 6.29. The Labute approximate surface area is 124 Å². The van der Waals surface area contributed by atoms with Gasteiger partial charge in [-0.2, -0.15) is 0 Å². The van der Waals surface area contributed by atoms with Gasteiger partial charge in [-0.3, -0.25) is 0 Å². The lowest BCUT2D eigenvalue weighted by atomic mass is 10.2. The van der Waals surface area contributed by atoms with E-state index >= 15 is 0 Å². The van der Waals surface area contributed by atoms with Crippen LogP contribution >= 0.6 is 0 Å². The molecule has 0 aromatic heterocycles. The minimum Gasteiger partial charge on any atom is -0.445 e. The van der Waals surface area contributed by atoms with Crippen LogP contribution in [0.1, 0.15) is 11.1 Å². The van der Waals surface area contributed by atoms with E-state index in [9.17, 15) is 4.79 Å². The van der Waals surface area contributed by atoms with Gasteiger partial charge in [0.25, 0.3) is 0 Å². The standard InChI is InChI=1S/C17H19NO3/c19-17(21-14-16-9-5-2-6-10-16)18-11-12-20-13-15-7-3-1-4-8-15/h1-10H,11-14H2,(H,18,19). The summed E-state index contributed by atoms with van der Waals surface area (Å²) in [4.78, 5) is 11.5. The summed E-state index contributed by atoms with van der Waals surface area (Å²) >= 11 is 0. The Morgan fingerprint density at radius 2 is 1.43 bits per heavy atom. The van der Waals surface area contributed by atoms with Gasteiger partial charge in [0, 0.05) is 6.54 Å². The minimum atomic E-state index is -0.429. The van der Waals surface area contributed by atoms with E-state index in [0.29, 0.717) is 19.8 Å². The van der Waals surface area contributed by atoms with E-state index in [2.05, 4.69) is 5.32 Å². The van der Waals surface area contributed by atoms with E-state index in [1.807, 2.05) is 60.7 Å². The zero-order valence-corrected chi connectivity index (χ0v) is 11.8. The van der Waals surface area contributed by atoms with E-state index in [0.717, 1.165) is 11.1 Å². The molecule has 0 bridgehead atoms. The quantitative estimate of drug-likeness (QED) is 0.795. The summed E-state index contributed by atoms with van der Waals surface area (Å²) in [7, 11) is 0. The van der Waals surface area contributed by atoms with Crippen molar-refractivity contribution < 1.29 is 14.3 Å². The van der Waals surface area contributed by atoms with Crippen molar-refractivity contribution in [3.8, 4) is 0 Å². The van der Waals surface area contributed by atoms with Gasteiger partial charge in [0.1, 0.15) is 6.61 Å². The minimum absolute atomic E-state index is 0.275. The highest BCUT2D eigenvalue weighted by molar-refractivity contribution is 5.67. The first-order valence-electron chi connectivity index (χ1n) is 6.91. The van der Waals surface area contributed by atoms with Crippen LogP contribution in [-0.4, -0.2) is 19.2 Å². The Morgan fingerprint density at radius 3 is 2.05 bits per heavy atom. The summed E-state index contributed by atoms with van der Waals surface area (Å²) in [6.45, 7) is 1.70. The fourth-order valence-corrected chi connectivity index (χ4v) is 1.76. The molecule has 2 rings (SSSR count). The predicted molar refractivity (Wildman–Crippen MR) is 80.7 cm³/mol. The maximum Gasteiger partial charge on any atom is 0.407 e. The lowest BCUT2D eigenvalue weighted by molar-refractivity contribution is 0.111. The zero-order valence-electron chi connectivity index (χ0n) is 11.8. The van der Waals surface area contributed by atoms with Gasteiger partial charge in [-0.15, -0.1) is 0 Å². The largest absolute Gasteiger partial charge is 0.445 e. The third-order valence-corrected chi connectivity index (χ3v) is 2.84. The van der Waals surface area contributed by atoms with Gasteiger partial charge < -0.3 is 14.8 Å². The van der Waals surface area contributed by atoms with Crippen LogP contribution in [0, 0.1) is 0 Å². The Morgan fingerprint density at radius 1 is 0.857 bits per heavy atom. The number of ether oxygens (including phenoxy) is 2. The van der Waals surface area contributed by atoms with Crippen molar-refractivity contribution in [3.63, 3.8) is 0 Å². The molecule has 0 spiro atoms. The van der Waals surface area contributed by atoms with Crippen molar-refractivity contribution in [1.82, 2.24) is 5.32 Å². The van der Waals surface area contributed by atoms with E-state index in [1.54, 1.807) is 0 Å². The van der Waals surface area contributed by atoms with Gasteiger partial charge in [-0.25, -0.2) is 4.79 Å². The van der Waals surface area contributed by atoms with Crippen molar-refractivity contribution in [3.05, 3.63) is 71.8 Å². The molecular formula is C17H19NO3. The lowest BCUT2D eigenvalue weighted by Gasteiger charge is -2.08. The zero-order chi connectivity index (χ0) is 14.8. The highest BCUT2D eigenvalue weighted by atomic mass is 16.5. The van der Waals surface area contributed by atoms with Crippen LogP contribution in [0.4, 0.5) is 4.79 Å². The topological polar surface area (TPSA) is 47.6 Å². The molecule has 2 aromatic carbocycles. The van der Waals surface area contributed by atoms with Crippen LogP contribution in [0.2, 0.25) is 0 Å². The molecule has 1 N–H and O–H groups in total. The molecule has 1 amide bonds. The first-order valence-corrected chi connectivity index (χ1v) is 6.91. The first kappa shape index (κ1) is 15.1. The summed E-state index contributed by atoms with van der Waals surface area (Å²) in [5, 5.41) is 2.65. The molecule has 2 aromatic rings. The van der Waals surface area contributed by atoms with Crippen LogP contribution in [-0.2, 0) is 22.7 Å². The summed E-state index contributed by atoms with van der Waals surface area (Å²) in [5.74, 6) is 0. The number of nitrogens with one attached hydrogen (secondary N) is 1. The number of benzene rings is 2. The van der Waals surface area contributed by atoms with Crippen LogP contribution < -0.4 is 5.32 Å². The fraction of sp³-hybridized carbons (Fsp3) is 0.235. The van der Waals surface area contributed by atoms with E-state index in [-0.39, 0.29) is 6.61 Å². The van der Waals surface area contributed by atoms with Crippen LogP contribution in [0.25, 0.3) is 0 Å². The van der Waals surface area contributed by atoms with Crippen LogP contribution in [0.3, 0.4) is 0 Å². The molecule has 0 unspecified atom stereocenters. The third-order valence-electron chi connectivity index (χ3n) is 2.84. The summed E-state index contributed by atoms with van der Waals surface area (Å²) in [6, 6.07) is 19.5. The third kappa shape index (κ3) is 6.10. The Hall–Kier alpha value is -2.33. The molecule has 0 aliphatic heterocycles. The van der Waals surface area contributed by atoms with Gasteiger partial charge in [-0.1, -0.05) is 60.7 Å². The van der Waals surface area contributed by atoms with Crippen molar-refractivity contribution in [2.24, 2.45) is 0 Å². The fourth-order valence-electron chi connectivity index (χ4n) is 1.76. The highest BCUT2D eigenvalue weighted by Crippen LogP contribution is 2.01. The number of carbonyl (C=O) groups is 1. The Balaban J connectivity index is 1.53. The summed E-state index contributed by atoms with van der Waals surface area (Å²) in [6.07, 6.45) is -0.429. The molecule has 0 aliphatic rings. The van der Waals surface area contributed by atoms with Crippen molar-refractivity contribution in [1.29, 1.82) is 0 Å². The van der Waals surface area contributed by atoms with Crippen LogP contribution in [0.5, 0.6) is 0 Å². The second-order valence-corrected chi connectivity index (χ2v) is 4.53. The molecule has 4 nitrogen and oxygen atoms in total. The van der Waals surface area contributed by atoms with E-state index in [4.69, 9.17) is 9.47 Å². The first-order chi connectivity index (χ1) is 10.3. The number of hydrogen-bond donors (Lipinski definition) is 1. The van der Waals surface area contributed by atoms with Crippen molar-refractivity contribution in [2.75, 3.05) is 13.2 Å². The number of hydrogen-bond acceptors (Lipinski definition) is 3. The molecule has 21 heavy (non-hydrogen) atoms. The maximum absolute atomic E-state index is 11.5. The molecule has 0 aliphatic carbocycles. The average Bonchev–Trinajstić information content (AvgIpc) is 2.54. The lowest BCUT2D eigenvalue weighted by Crippen LogP contribution is -2.27. The number of rotatable bonds is 7. The molecule has 0 heterocycles. The average molecular weight is 285 g/mol. The monoisotopic (exact) mass is 285 g/mol. The van der Waals surface area contributed by atoms with E-state index < -0.39 is 6.09 Å². The second kappa shape index (κ2) is 8.76. The number of alkyl carbamates (subject to hydrolysis) is 1. The molecule has 0 saturated heterocycles. The Bertz CT molecular complexity index is 528. The molecular weight excluding hydrogens is 266 g/mol. The normalized spacial score (nSPS) is 10.1. The SMILES string of the molecule is O=C(NCCOCc1ccccc1)OCc1ccccc1. The molecule has 4 heteroatoms. The molecule has 0 atom stereocenters.